The molecule has 2 rings (SSSR count). The second-order valence-corrected chi connectivity index (χ2v) is 7.54. The van der Waals surface area contributed by atoms with E-state index >= 15 is 0 Å². The zero-order valence-corrected chi connectivity index (χ0v) is 16.8. The third-order valence-corrected chi connectivity index (χ3v) is 6.00. The van der Waals surface area contributed by atoms with E-state index in [1.165, 1.54) is 18.5 Å². The molecule has 0 radical (unpaired) electrons. The number of sulfonamides is 1. The summed E-state index contributed by atoms with van der Waals surface area (Å²) in [6.45, 7) is 4.34. The van der Waals surface area contributed by atoms with Gasteiger partial charge in [0.25, 0.3) is 0 Å². The summed E-state index contributed by atoms with van der Waals surface area (Å²) in [6.07, 6.45) is 2.70. The Bertz CT molecular complexity index is 780. The summed E-state index contributed by atoms with van der Waals surface area (Å²) >= 11 is 0. The molecule has 0 amide bonds. The van der Waals surface area contributed by atoms with Crippen LogP contribution in [0.2, 0.25) is 0 Å². The summed E-state index contributed by atoms with van der Waals surface area (Å²) in [5.74, 6) is 1.23. The normalized spacial score (nSPS) is 11.8. The van der Waals surface area contributed by atoms with Crippen LogP contribution in [-0.4, -0.2) is 35.3 Å². The number of nitrogens with one attached hydrogen (secondary N) is 1. The molecule has 0 aliphatic heterocycles. The summed E-state index contributed by atoms with van der Waals surface area (Å²) in [7, 11) is -1.87. The van der Waals surface area contributed by atoms with Gasteiger partial charge in [-0.25, -0.2) is 18.1 Å². The van der Waals surface area contributed by atoms with E-state index in [4.69, 9.17) is 10.5 Å². The summed E-state index contributed by atoms with van der Waals surface area (Å²) < 4.78 is 35.2. The Morgan fingerprint density at radius 1 is 1.23 bits per heavy atom. The molecule has 146 valence electrons. The van der Waals surface area contributed by atoms with Crippen LogP contribution in [0.25, 0.3) is 0 Å². The van der Waals surface area contributed by atoms with Gasteiger partial charge in [0.2, 0.25) is 10.0 Å². The first-order valence-electron chi connectivity index (χ1n) is 8.15. The Morgan fingerprint density at radius 3 is 2.31 bits per heavy atom. The minimum absolute atomic E-state index is 0. The van der Waals surface area contributed by atoms with Crippen LogP contribution < -0.4 is 15.2 Å². The van der Waals surface area contributed by atoms with Crippen molar-refractivity contribution in [2.75, 3.05) is 6.54 Å². The molecule has 0 unspecified atom stereocenters. The Labute approximate surface area is 160 Å². The van der Waals surface area contributed by atoms with Crippen LogP contribution in [-0.2, 0) is 23.7 Å². The number of halogens is 1. The zero-order valence-electron chi connectivity index (χ0n) is 15.2. The minimum atomic E-state index is -3.65. The summed E-state index contributed by atoms with van der Waals surface area (Å²) in [4.78, 5) is 4.24. The van der Waals surface area contributed by atoms with Crippen molar-refractivity contribution in [3.05, 3.63) is 36.4 Å². The van der Waals surface area contributed by atoms with E-state index in [0.29, 0.717) is 24.4 Å². The van der Waals surface area contributed by atoms with Crippen molar-refractivity contribution in [1.29, 1.82) is 0 Å². The van der Waals surface area contributed by atoms with Gasteiger partial charge in [0.05, 0.1) is 4.90 Å². The average molecular weight is 404 g/mol. The number of nitrogens with two attached hydrogens (primary N) is 1. The first kappa shape index (κ1) is 22.4. The van der Waals surface area contributed by atoms with Crippen LogP contribution in [0.1, 0.15) is 32.5 Å². The van der Waals surface area contributed by atoms with Gasteiger partial charge >= 0.3 is 0 Å². The number of benzene rings is 1. The van der Waals surface area contributed by atoms with E-state index in [2.05, 4.69) is 14.8 Å². The fourth-order valence-corrected chi connectivity index (χ4v) is 3.94. The monoisotopic (exact) mass is 403 g/mol. The van der Waals surface area contributed by atoms with Crippen molar-refractivity contribution < 1.29 is 13.2 Å². The van der Waals surface area contributed by atoms with Gasteiger partial charge in [-0.1, -0.05) is 13.8 Å². The van der Waals surface area contributed by atoms with E-state index < -0.39 is 15.6 Å². The van der Waals surface area contributed by atoms with Gasteiger partial charge in [0.1, 0.15) is 18.7 Å². The highest BCUT2D eigenvalue weighted by Crippen LogP contribution is 2.21. The summed E-state index contributed by atoms with van der Waals surface area (Å²) in [5, 5.41) is 3.96. The van der Waals surface area contributed by atoms with Crippen molar-refractivity contribution in [2.45, 2.75) is 43.7 Å². The molecule has 0 saturated heterocycles. The number of hydrogen-bond acceptors (Lipinski definition) is 6. The Morgan fingerprint density at radius 2 is 1.85 bits per heavy atom. The molecule has 0 spiro atoms. The molecule has 1 heterocycles. The van der Waals surface area contributed by atoms with Gasteiger partial charge in [0, 0.05) is 19.1 Å². The smallest absolute Gasteiger partial charge is 0.241 e. The molecule has 0 atom stereocenters. The maximum absolute atomic E-state index is 12.6. The molecular formula is C16H26ClN5O3S. The van der Waals surface area contributed by atoms with Gasteiger partial charge in [-0.3, -0.25) is 4.68 Å². The lowest BCUT2D eigenvalue weighted by Gasteiger charge is -2.31. The lowest BCUT2D eigenvalue weighted by Crippen LogP contribution is -2.52. The van der Waals surface area contributed by atoms with Crippen LogP contribution in [0.3, 0.4) is 0 Å². The van der Waals surface area contributed by atoms with Gasteiger partial charge in [-0.05, 0) is 37.1 Å². The number of hydrogen-bond donors (Lipinski definition) is 2. The summed E-state index contributed by atoms with van der Waals surface area (Å²) in [5.41, 5.74) is 5.15. The zero-order chi connectivity index (χ0) is 18.5. The number of nitrogens with zero attached hydrogens (tertiary/aromatic N) is 3. The largest absolute Gasteiger partial charge is 0.486 e. The second kappa shape index (κ2) is 9.31. The summed E-state index contributed by atoms with van der Waals surface area (Å²) in [6, 6.07) is 6.27. The predicted molar refractivity (Wildman–Crippen MR) is 102 cm³/mol. The third kappa shape index (κ3) is 5.16. The molecular weight excluding hydrogens is 378 g/mol. The fraction of sp³-hybridized carbons (Fsp3) is 0.500. The van der Waals surface area contributed by atoms with E-state index in [1.54, 1.807) is 23.9 Å². The van der Waals surface area contributed by atoms with Crippen molar-refractivity contribution in [3.63, 3.8) is 0 Å². The van der Waals surface area contributed by atoms with E-state index in [1.807, 2.05) is 13.8 Å². The molecule has 0 aliphatic rings. The van der Waals surface area contributed by atoms with Crippen LogP contribution in [0, 0.1) is 0 Å². The molecule has 2 aromatic rings. The topological polar surface area (TPSA) is 112 Å². The van der Waals surface area contributed by atoms with Gasteiger partial charge in [-0.15, -0.1) is 12.4 Å². The highest BCUT2D eigenvalue weighted by atomic mass is 35.5. The van der Waals surface area contributed by atoms with Crippen molar-refractivity contribution >= 4 is 22.4 Å². The standard InChI is InChI=1S/C16H25N5O3S.ClH/c1-4-16(5-2,11-17)20-25(22,23)14-8-6-13(7-9-14)24-10-15-18-12-19-21(15)3;/h6-9,12,20H,4-5,10-11,17H2,1-3H3;1H. The molecule has 26 heavy (non-hydrogen) atoms. The molecule has 1 aromatic carbocycles. The van der Waals surface area contributed by atoms with Crippen molar-refractivity contribution in [1.82, 2.24) is 19.5 Å². The maximum Gasteiger partial charge on any atom is 0.241 e. The first-order chi connectivity index (χ1) is 11.9. The lowest BCUT2D eigenvalue weighted by molar-refractivity contribution is 0.289. The van der Waals surface area contributed by atoms with Crippen LogP contribution >= 0.6 is 12.4 Å². The highest BCUT2D eigenvalue weighted by Gasteiger charge is 2.30. The quantitative estimate of drug-likeness (QED) is 0.657. The first-order valence-corrected chi connectivity index (χ1v) is 9.64. The molecule has 0 aliphatic carbocycles. The predicted octanol–water partition coefficient (Wildman–Crippen LogP) is 1.61. The minimum Gasteiger partial charge on any atom is -0.486 e. The Balaban J connectivity index is 0.00000338. The van der Waals surface area contributed by atoms with Crippen molar-refractivity contribution in [2.24, 2.45) is 12.8 Å². The number of ether oxygens (including phenoxy) is 1. The molecule has 0 fully saturated rings. The van der Waals surface area contributed by atoms with Gasteiger partial charge in [0.15, 0.2) is 5.82 Å². The third-order valence-electron chi connectivity index (χ3n) is 4.40. The lowest BCUT2D eigenvalue weighted by atomic mass is 9.95. The SMILES string of the molecule is CCC(CC)(CN)NS(=O)(=O)c1ccc(OCc2ncnn2C)cc1.Cl. The van der Waals surface area contributed by atoms with E-state index in [9.17, 15) is 8.42 Å². The Hall–Kier alpha value is -1.68. The van der Waals surface area contributed by atoms with Gasteiger partial charge in [-0.2, -0.15) is 5.10 Å². The number of rotatable bonds is 9. The number of aryl methyl sites for hydroxylation is 1. The molecule has 3 N–H and O–H groups in total. The fourth-order valence-electron chi connectivity index (χ4n) is 2.38. The molecule has 8 nitrogen and oxygen atoms in total. The molecule has 0 bridgehead atoms. The molecule has 10 heteroatoms. The molecule has 1 aromatic heterocycles. The number of aromatic nitrogens is 3. The highest BCUT2D eigenvalue weighted by molar-refractivity contribution is 7.89. The van der Waals surface area contributed by atoms with Crippen LogP contribution in [0.4, 0.5) is 0 Å². The second-order valence-electron chi connectivity index (χ2n) is 5.86. The Kier molecular flexibility index (Phi) is 8.01. The van der Waals surface area contributed by atoms with E-state index in [-0.39, 0.29) is 30.5 Å². The van der Waals surface area contributed by atoms with Crippen molar-refractivity contribution in [3.8, 4) is 5.75 Å². The van der Waals surface area contributed by atoms with Crippen LogP contribution in [0.5, 0.6) is 5.75 Å². The molecule has 0 saturated carbocycles. The van der Waals surface area contributed by atoms with Gasteiger partial charge < -0.3 is 10.5 Å². The van der Waals surface area contributed by atoms with E-state index in [0.717, 1.165) is 0 Å². The van der Waals surface area contributed by atoms with Crippen LogP contribution in [0.15, 0.2) is 35.5 Å². The maximum atomic E-state index is 12.6. The average Bonchev–Trinajstić information content (AvgIpc) is 3.03.